The van der Waals surface area contributed by atoms with Crippen LogP contribution in [0.1, 0.15) is 16.7 Å². The van der Waals surface area contributed by atoms with Crippen LogP contribution in [0.4, 0.5) is 0 Å². The molecule has 1 aromatic heterocycles. The summed E-state index contributed by atoms with van der Waals surface area (Å²) in [6, 6.07) is 15.4. The first kappa shape index (κ1) is 24.5. The van der Waals surface area contributed by atoms with Crippen LogP contribution in [0.5, 0.6) is 11.8 Å². The van der Waals surface area contributed by atoms with Crippen LogP contribution in [0, 0.1) is 6.92 Å². The minimum Gasteiger partial charge on any atom is -0.481 e. The third-order valence-electron chi connectivity index (χ3n) is 5.19. The zero-order valence-electron chi connectivity index (χ0n) is 18.7. The summed E-state index contributed by atoms with van der Waals surface area (Å²) in [5.41, 5.74) is 5.19. The van der Waals surface area contributed by atoms with Gasteiger partial charge in [0.1, 0.15) is 6.04 Å². The number of carboxylic acid groups (broad SMARTS) is 1. The van der Waals surface area contributed by atoms with Gasteiger partial charge in [-0.05, 0) is 29.2 Å². The number of carbonyl (C=O) groups is 1. The number of hydrogen-bond donors (Lipinski definition) is 3. The monoisotopic (exact) mass is 469 g/mol. The lowest BCUT2D eigenvalue weighted by Crippen LogP contribution is -2.39. The average molecular weight is 470 g/mol. The molecule has 3 N–H and O–H groups in total. The fourth-order valence-electron chi connectivity index (χ4n) is 3.35. The van der Waals surface area contributed by atoms with Crippen molar-refractivity contribution in [2.75, 3.05) is 20.8 Å². The predicted octanol–water partition coefficient (Wildman–Crippen LogP) is 3.30. The van der Waals surface area contributed by atoms with Crippen LogP contribution in [0.3, 0.4) is 0 Å². The van der Waals surface area contributed by atoms with Crippen LogP contribution in [0.25, 0.3) is 11.1 Å². The average Bonchev–Trinajstić information content (AvgIpc) is 2.84. The number of aliphatic carboxylic acids is 1. The molecule has 0 aliphatic rings. The minimum absolute atomic E-state index is 0.0625. The molecule has 0 spiro atoms. The summed E-state index contributed by atoms with van der Waals surface area (Å²) in [6.45, 7) is 1.62. The zero-order valence-corrected chi connectivity index (χ0v) is 19.6. The second-order valence-electron chi connectivity index (χ2n) is 7.20. The molecular weight excluding hydrogens is 442 g/mol. The molecule has 0 amide bonds. The van der Waals surface area contributed by atoms with E-state index in [1.807, 2.05) is 24.3 Å². The lowest BCUT2D eigenvalue weighted by atomic mass is 9.97. The standard InChI is InChI=1S/C24H27N3O5S/c1-15-17(10-7-11-18(15)16-8-5-4-6-9-16)14-33-24-26-21(31-2)19(22(27-24)32-3)12-25-20(13-28)23(29)30/h4-11,20,25,28H,12-14H2,1-3H3,(H,29,30). The summed E-state index contributed by atoms with van der Waals surface area (Å²) in [5.74, 6) is 0.0705. The highest BCUT2D eigenvalue weighted by atomic mass is 32.2. The van der Waals surface area contributed by atoms with Crippen LogP contribution < -0.4 is 14.8 Å². The zero-order chi connectivity index (χ0) is 23.8. The van der Waals surface area contributed by atoms with Crippen LogP contribution in [0.15, 0.2) is 53.7 Å². The predicted molar refractivity (Wildman–Crippen MR) is 127 cm³/mol. The molecular formula is C24H27N3O5S. The molecule has 0 aliphatic carbocycles. The number of rotatable bonds is 11. The Hall–Kier alpha value is -3.14. The van der Waals surface area contributed by atoms with Gasteiger partial charge in [0.2, 0.25) is 11.8 Å². The second-order valence-corrected chi connectivity index (χ2v) is 8.14. The first-order chi connectivity index (χ1) is 16.0. The molecule has 33 heavy (non-hydrogen) atoms. The summed E-state index contributed by atoms with van der Waals surface area (Å²) >= 11 is 1.46. The van der Waals surface area contributed by atoms with Gasteiger partial charge in [-0.2, -0.15) is 9.97 Å². The molecule has 1 heterocycles. The Balaban J connectivity index is 1.80. The number of aliphatic hydroxyl groups is 1. The van der Waals surface area contributed by atoms with Gasteiger partial charge in [-0.3, -0.25) is 10.1 Å². The van der Waals surface area contributed by atoms with Gasteiger partial charge in [-0.15, -0.1) is 0 Å². The first-order valence-corrected chi connectivity index (χ1v) is 11.3. The highest BCUT2D eigenvalue weighted by Crippen LogP contribution is 2.32. The molecule has 174 valence electrons. The lowest BCUT2D eigenvalue weighted by molar-refractivity contribution is -0.140. The van der Waals surface area contributed by atoms with E-state index in [2.05, 4.69) is 46.5 Å². The van der Waals surface area contributed by atoms with Crippen LogP contribution in [-0.4, -0.2) is 53.0 Å². The number of nitrogens with zero attached hydrogens (tertiary/aromatic N) is 2. The number of ether oxygens (including phenoxy) is 2. The van der Waals surface area contributed by atoms with E-state index in [4.69, 9.17) is 14.6 Å². The first-order valence-electron chi connectivity index (χ1n) is 10.3. The van der Waals surface area contributed by atoms with Gasteiger partial charge >= 0.3 is 5.97 Å². The molecule has 9 heteroatoms. The Morgan fingerprint density at radius 3 is 2.30 bits per heavy atom. The normalized spacial score (nSPS) is 11.8. The molecule has 1 atom stereocenters. The van der Waals surface area contributed by atoms with Crippen LogP contribution in [-0.2, 0) is 17.1 Å². The number of aromatic nitrogens is 2. The summed E-state index contributed by atoms with van der Waals surface area (Å²) in [4.78, 5) is 20.1. The highest BCUT2D eigenvalue weighted by molar-refractivity contribution is 7.98. The number of nitrogens with one attached hydrogen (secondary N) is 1. The molecule has 2 aromatic carbocycles. The number of hydrogen-bond acceptors (Lipinski definition) is 8. The van der Waals surface area contributed by atoms with Crippen LogP contribution >= 0.6 is 11.8 Å². The molecule has 0 aliphatic heterocycles. The van der Waals surface area contributed by atoms with Crippen molar-refractivity contribution in [2.45, 2.75) is 30.4 Å². The van der Waals surface area contributed by atoms with Gasteiger partial charge in [-0.1, -0.05) is 60.3 Å². The number of aliphatic hydroxyl groups excluding tert-OH is 1. The third kappa shape index (κ3) is 6.01. The maximum absolute atomic E-state index is 11.2. The van der Waals surface area contributed by atoms with Gasteiger partial charge < -0.3 is 19.7 Å². The number of thioether (sulfide) groups is 1. The Morgan fingerprint density at radius 2 is 1.73 bits per heavy atom. The van der Waals surface area contributed by atoms with Gasteiger partial charge in [0.05, 0.1) is 26.4 Å². The summed E-state index contributed by atoms with van der Waals surface area (Å²) in [7, 11) is 2.96. The lowest BCUT2D eigenvalue weighted by Gasteiger charge is -2.16. The minimum atomic E-state index is -1.16. The van der Waals surface area contributed by atoms with E-state index < -0.39 is 18.6 Å². The largest absolute Gasteiger partial charge is 0.481 e. The van der Waals surface area contributed by atoms with Crippen molar-refractivity contribution in [1.29, 1.82) is 0 Å². The van der Waals surface area contributed by atoms with E-state index in [1.165, 1.54) is 48.2 Å². The van der Waals surface area contributed by atoms with Gasteiger partial charge in [0.15, 0.2) is 5.16 Å². The molecule has 8 nitrogen and oxygen atoms in total. The Morgan fingerprint density at radius 1 is 1.06 bits per heavy atom. The summed E-state index contributed by atoms with van der Waals surface area (Å²) in [6.07, 6.45) is 0. The molecule has 3 rings (SSSR count). The van der Waals surface area contributed by atoms with Crippen molar-refractivity contribution in [3.05, 3.63) is 65.2 Å². The molecule has 0 saturated carbocycles. The van der Waals surface area contributed by atoms with E-state index >= 15 is 0 Å². The fourth-order valence-corrected chi connectivity index (χ4v) is 4.24. The quantitative estimate of drug-likeness (QED) is 0.287. The molecule has 0 radical (unpaired) electrons. The Kier molecular flexibility index (Phi) is 8.65. The molecule has 0 fully saturated rings. The topological polar surface area (TPSA) is 114 Å². The van der Waals surface area contributed by atoms with Gasteiger partial charge in [0, 0.05) is 12.3 Å². The van der Waals surface area contributed by atoms with E-state index in [0.29, 0.717) is 16.5 Å². The highest BCUT2D eigenvalue weighted by Gasteiger charge is 2.21. The number of benzene rings is 2. The van der Waals surface area contributed by atoms with Crippen molar-refractivity contribution in [3.63, 3.8) is 0 Å². The SMILES string of the molecule is COc1nc(SCc2cccc(-c3ccccc3)c2C)nc(OC)c1CNC(CO)C(=O)O. The Labute approximate surface area is 197 Å². The van der Waals surface area contributed by atoms with E-state index in [1.54, 1.807) is 0 Å². The number of methoxy groups -OCH3 is 2. The van der Waals surface area contributed by atoms with Gasteiger partial charge in [0.25, 0.3) is 0 Å². The smallest absolute Gasteiger partial charge is 0.323 e. The number of carboxylic acids is 1. The van der Waals surface area contributed by atoms with Crippen molar-refractivity contribution in [3.8, 4) is 22.9 Å². The molecule has 0 bridgehead atoms. The van der Waals surface area contributed by atoms with E-state index in [-0.39, 0.29) is 18.3 Å². The maximum atomic E-state index is 11.2. The summed E-state index contributed by atoms with van der Waals surface area (Å²) in [5, 5.41) is 21.6. The second kappa shape index (κ2) is 11.6. The third-order valence-corrected chi connectivity index (χ3v) is 6.09. The van der Waals surface area contributed by atoms with Gasteiger partial charge in [-0.25, -0.2) is 0 Å². The summed E-state index contributed by atoms with van der Waals surface area (Å²) < 4.78 is 10.8. The van der Waals surface area contributed by atoms with E-state index in [9.17, 15) is 9.90 Å². The fraction of sp³-hybridized carbons (Fsp3) is 0.292. The van der Waals surface area contributed by atoms with Crippen molar-refractivity contribution in [2.24, 2.45) is 0 Å². The van der Waals surface area contributed by atoms with Crippen molar-refractivity contribution < 1.29 is 24.5 Å². The van der Waals surface area contributed by atoms with Crippen molar-refractivity contribution in [1.82, 2.24) is 15.3 Å². The van der Waals surface area contributed by atoms with Crippen LogP contribution in [0.2, 0.25) is 0 Å². The molecule has 3 aromatic rings. The Bertz CT molecular complexity index is 1070. The van der Waals surface area contributed by atoms with Crippen molar-refractivity contribution >= 4 is 17.7 Å². The molecule has 1 unspecified atom stereocenters. The van der Waals surface area contributed by atoms with E-state index in [0.717, 1.165) is 0 Å². The molecule has 0 saturated heterocycles. The maximum Gasteiger partial charge on any atom is 0.323 e.